The van der Waals surface area contributed by atoms with Gasteiger partial charge in [0.15, 0.2) is 11.5 Å². The van der Waals surface area contributed by atoms with E-state index in [-0.39, 0.29) is 6.10 Å². The van der Waals surface area contributed by atoms with Crippen molar-refractivity contribution in [1.29, 1.82) is 0 Å². The van der Waals surface area contributed by atoms with Crippen molar-refractivity contribution in [3.05, 3.63) is 22.2 Å². The number of methoxy groups -OCH3 is 1. The normalized spacial score (nSPS) is 10.8. The van der Waals surface area contributed by atoms with E-state index < -0.39 is 0 Å². The highest BCUT2D eigenvalue weighted by Crippen LogP contribution is 2.34. The SMILES string of the molecule is COCCCOc1cc(C)c(Br)cc1OC(C)C. The summed E-state index contributed by atoms with van der Waals surface area (Å²) in [5.74, 6) is 1.57. The van der Waals surface area contributed by atoms with E-state index in [2.05, 4.69) is 15.9 Å². The first kappa shape index (κ1) is 15.3. The third-order valence-electron chi connectivity index (χ3n) is 2.34. The Hall–Kier alpha value is -0.740. The van der Waals surface area contributed by atoms with Gasteiger partial charge in [0.1, 0.15) is 0 Å². The molecule has 0 aliphatic heterocycles. The van der Waals surface area contributed by atoms with Crippen molar-refractivity contribution in [3.63, 3.8) is 0 Å². The molecule has 102 valence electrons. The summed E-state index contributed by atoms with van der Waals surface area (Å²) >= 11 is 3.51. The summed E-state index contributed by atoms with van der Waals surface area (Å²) in [4.78, 5) is 0. The maximum absolute atomic E-state index is 5.75. The van der Waals surface area contributed by atoms with Gasteiger partial charge in [-0.25, -0.2) is 0 Å². The Kier molecular flexibility index (Phi) is 6.50. The number of ether oxygens (including phenoxy) is 3. The number of benzene rings is 1. The molecule has 0 aromatic heterocycles. The Morgan fingerprint density at radius 1 is 1.17 bits per heavy atom. The van der Waals surface area contributed by atoms with Gasteiger partial charge in [-0.15, -0.1) is 0 Å². The van der Waals surface area contributed by atoms with Crippen molar-refractivity contribution in [3.8, 4) is 11.5 Å². The van der Waals surface area contributed by atoms with Gasteiger partial charge in [0.25, 0.3) is 0 Å². The van der Waals surface area contributed by atoms with E-state index in [1.165, 1.54) is 0 Å². The standard InChI is InChI=1S/C14H21BrO3/c1-10(2)18-14-9-12(15)11(3)8-13(14)17-7-5-6-16-4/h8-10H,5-7H2,1-4H3. The average Bonchev–Trinajstić information content (AvgIpc) is 2.30. The summed E-state index contributed by atoms with van der Waals surface area (Å²) < 4.78 is 17.5. The molecule has 18 heavy (non-hydrogen) atoms. The lowest BCUT2D eigenvalue weighted by Gasteiger charge is -2.16. The molecular weight excluding hydrogens is 296 g/mol. The first-order valence-corrected chi connectivity index (χ1v) is 6.92. The Labute approximate surface area is 118 Å². The zero-order valence-corrected chi connectivity index (χ0v) is 13.0. The van der Waals surface area contributed by atoms with Gasteiger partial charge in [-0.2, -0.15) is 0 Å². The first-order chi connectivity index (χ1) is 8.54. The van der Waals surface area contributed by atoms with Crippen LogP contribution in [0.1, 0.15) is 25.8 Å². The summed E-state index contributed by atoms with van der Waals surface area (Å²) in [6.07, 6.45) is 0.994. The van der Waals surface area contributed by atoms with Crippen LogP contribution in [0.3, 0.4) is 0 Å². The molecule has 0 N–H and O–H groups in total. The molecule has 1 aromatic rings. The maximum Gasteiger partial charge on any atom is 0.162 e. The van der Waals surface area contributed by atoms with E-state index in [1.54, 1.807) is 7.11 Å². The molecule has 0 aliphatic carbocycles. The summed E-state index contributed by atoms with van der Waals surface area (Å²) in [6, 6.07) is 3.95. The summed E-state index contributed by atoms with van der Waals surface area (Å²) in [5, 5.41) is 0. The molecule has 0 saturated heterocycles. The maximum atomic E-state index is 5.75. The van der Waals surface area contributed by atoms with Gasteiger partial charge in [-0.3, -0.25) is 0 Å². The van der Waals surface area contributed by atoms with Crippen molar-refractivity contribution in [2.75, 3.05) is 20.3 Å². The van der Waals surface area contributed by atoms with Crippen LogP contribution in [-0.2, 0) is 4.74 Å². The molecule has 4 heteroatoms. The van der Waals surface area contributed by atoms with Crippen molar-refractivity contribution < 1.29 is 14.2 Å². The van der Waals surface area contributed by atoms with Crippen molar-refractivity contribution >= 4 is 15.9 Å². The van der Waals surface area contributed by atoms with Crippen molar-refractivity contribution in [2.24, 2.45) is 0 Å². The molecule has 0 aliphatic rings. The second-order valence-corrected chi connectivity index (χ2v) is 5.26. The molecule has 0 amide bonds. The van der Waals surface area contributed by atoms with Crippen LogP contribution < -0.4 is 9.47 Å². The van der Waals surface area contributed by atoms with Gasteiger partial charge in [-0.1, -0.05) is 15.9 Å². The van der Waals surface area contributed by atoms with Gasteiger partial charge >= 0.3 is 0 Å². The number of hydrogen-bond donors (Lipinski definition) is 0. The fourth-order valence-corrected chi connectivity index (χ4v) is 1.80. The van der Waals surface area contributed by atoms with Crippen molar-refractivity contribution in [1.82, 2.24) is 0 Å². The molecule has 0 radical (unpaired) electrons. The zero-order chi connectivity index (χ0) is 13.5. The van der Waals surface area contributed by atoms with Crippen LogP contribution in [0.5, 0.6) is 11.5 Å². The van der Waals surface area contributed by atoms with Crippen LogP contribution in [0.15, 0.2) is 16.6 Å². The largest absolute Gasteiger partial charge is 0.490 e. The lowest BCUT2D eigenvalue weighted by atomic mass is 10.2. The fourth-order valence-electron chi connectivity index (χ4n) is 1.48. The molecule has 0 spiro atoms. The zero-order valence-electron chi connectivity index (χ0n) is 11.5. The molecule has 0 bridgehead atoms. The lowest BCUT2D eigenvalue weighted by molar-refractivity contribution is 0.167. The highest BCUT2D eigenvalue weighted by Gasteiger charge is 2.10. The molecule has 3 nitrogen and oxygen atoms in total. The minimum atomic E-state index is 0.126. The highest BCUT2D eigenvalue weighted by atomic mass is 79.9. The van der Waals surface area contributed by atoms with Gasteiger partial charge in [-0.05, 0) is 38.5 Å². The molecule has 0 atom stereocenters. The first-order valence-electron chi connectivity index (χ1n) is 6.13. The predicted molar refractivity (Wildman–Crippen MR) is 76.6 cm³/mol. The van der Waals surface area contributed by atoms with E-state index in [1.807, 2.05) is 32.9 Å². The van der Waals surface area contributed by atoms with Gasteiger partial charge in [0, 0.05) is 24.6 Å². The third-order valence-corrected chi connectivity index (χ3v) is 3.19. The summed E-state index contributed by atoms with van der Waals surface area (Å²) in [6.45, 7) is 7.37. The predicted octanol–water partition coefficient (Wildman–Crippen LogP) is 3.96. The number of hydrogen-bond acceptors (Lipinski definition) is 3. The molecule has 0 fully saturated rings. The summed E-state index contributed by atoms with van der Waals surface area (Å²) in [5.41, 5.74) is 1.13. The molecule has 0 unspecified atom stereocenters. The van der Waals surface area contributed by atoms with Gasteiger partial charge in [0.2, 0.25) is 0 Å². The molecular formula is C14H21BrO3. The minimum Gasteiger partial charge on any atom is -0.490 e. The highest BCUT2D eigenvalue weighted by molar-refractivity contribution is 9.10. The van der Waals surface area contributed by atoms with Crippen LogP contribution in [0, 0.1) is 6.92 Å². The topological polar surface area (TPSA) is 27.7 Å². The van der Waals surface area contributed by atoms with Crippen LogP contribution in [-0.4, -0.2) is 26.4 Å². The monoisotopic (exact) mass is 316 g/mol. The van der Waals surface area contributed by atoms with Crippen LogP contribution >= 0.6 is 15.9 Å². The second kappa shape index (κ2) is 7.64. The minimum absolute atomic E-state index is 0.126. The molecule has 1 aromatic carbocycles. The van der Waals surface area contributed by atoms with Gasteiger partial charge < -0.3 is 14.2 Å². The Bertz CT molecular complexity index is 378. The smallest absolute Gasteiger partial charge is 0.162 e. The van der Waals surface area contributed by atoms with E-state index >= 15 is 0 Å². The quantitative estimate of drug-likeness (QED) is 0.713. The van der Waals surface area contributed by atoms with Crippen molar-refractivity contribution in [2.45, 2.75) is 33.3 Å². The Balaban J connectivity index is 2.76. The Morgan fingerprint density at radius 2 is 1.89 bits per heavy atom. The number of halogens is 1. The summed E-state index contributed by atoms with van der Waals surface area (Å²) in [7, 11) is 1.69. The molecule has 0 saturated carbocycles. The van der Waals surface area contributed by atoms with E-state index in [9.17, 15) is 0 Å². The lowest BCUT2D eigenvalue weighted by Crippen LogP contribution is -2.09. The fraction of sp³-hybridized carbons (Fsp3) is 0.571. The van der Waals surface area contributed by atoms with Gasteiger partial charge in [0.05, 0.1) is 12.7 Å². The molecule has 1 rings (SSSR count). The second-order valence-electron chi connectivity index (χ2n) is 4.41. The van der Waals surface area contributed by atoms with E-state index in [0.717, 1.165) is 28.0 Å². The average molecular weight is 317 g/mol. The van der Waals surface area contributed by atoms with E-state index in [0.29, 0.717) is 13.2 Å². The van der Waals surface area contributed by atoms with Crippen LogP contribution in [0.4, 0.5) is 0 Å². The Morgan fingerprint density at radius 3 is 2.50 bits per heavy atom. The van der Waals surface area contributed by atoms with E-state index in [4.69, 9.17) is 14.2 Å². The molecule has 0 heterocycles. The number of aryl methyl sites for hydroxylation is 1. The number of rotatable bonds is 7. The van der Waals surface area contributed by atoms with Crippen LogP contribution in [0.25, 0.3) is 0 Å². The third kappa shape index (κ3) is 4.86. The van der Waals surface area contributed by atoms with Crippen LogP contribution in [0.2, 0.25) is 0 Å².